The Kier molecular flexibility index (Phi) is 2.26. The summed E-state index contributed by atoms with van der Waals surface area (Å²) in [6.45, 7) is 3.21. The van der Waals surface area contributed by atoms with E-state index >= 15 is 0 Å². The number of hydrogen-bond acceptors (Lipinski definition) is 3. The number of carbonyl (C=O) groups is 1. The van der Waals surface area contributed by atoms with Crippen molar-refractivity contribution >= 4 is 11.7 Å². The van der Waals surface area contributed by atoms with E-state index in [0.29, 0.717) is 12.4 Å². The molecule has 0 unspecified atom stereocenters. The fraction of sp³-hybridized carbons (Fsp3) is 0.364. The molecule has 0 fully saturated rings. The molecule has 0 radical (unpaired) electrons. The van der Waals surface area contributed by atoms with Crippen LogP contribution in [0.15, 0.2) is 12.1 Å². The molecule has 4 nitrogen and oxygen atoms in total. The van der Waals surface area contributed by atoms with Crippen LogP contribution < -0.4 is 9.64 Å². The Labute approximate surface area is 88.1 Å². The molecule has 1 aromatic carbocycles. The van der Waals surface area contributed by atoms with Gasteiger partial charge in [0.25, 0.3) is 0 Å². The molecular weight excluding hydrogens is 194 g/mol. The van der Waals surface area contributed by atoms with Gasteiger partial charge in [0.2, 0.25) is 0 Å². The summed E-state index contributed by atoms with van der Waals surface area (Å²) in [5, 5.41) is 9.05. The Morgan fingerprint density at radius 3 is 2.93 bits per heavy atom. The average Bonchev–Trinajstić information content (AvgIpc) is 2.18. The number of fused-ring (bicyclic) bond motifs is 1. The van der Waals surface area contributed by atoms with Crippen molar-refractivity contribution in [3.63, 3.8) is 0 Å². The molecule has 1 aliphatic heterocycles. The van der Waals surface area contributed by atoms with Gasteiger partial charge in [-0.25, -0.2) is 4.79 Å². The van der Waals surface area contributed by atoms with Gasteiger partial charge in [-0.15, -0.1) is 0 Å². The molecule has 0 aromatic heterocycles. The lowest BCUT2D eigenvalue weighted by atomic mass is 10.1. The largest absolute Gasteiger partial charge is 0.489 e. The third-order valence-electron chi connectivity index (χ3n) is 2.53. The van der Waals surface area contributed by atoms with E-state index in [1.54, 1.807) is 6.07 Å². The Morgan fingerprint density at radius 2 is 2.27 bits per heavy atom. The van der Waals surface area contributed by atoms with Crippen molar-refractivity contribution in [1.29, 1.82) is 0 Å². The lowest BCUT2D eigenvalue weighted by molar-refractivity contribution is 0.0692. The normalized spacial score (nSPS) is 14.4. The first-order chi connectivity index (χ1) is 7.09. The highest BCUT2D eigenvalue weighted by atomic mass is 16.5. The van der Waals surface area contributed by atoms with Crippen molar-refractivity contribution in [2.45, 2.75) is 6.92 Å². The van der Waals surface area contributed by atoms with E-state index in [-0.39, 0.29) is 5.56 Å². The molecule has 80 valence electrons. The number of nitrogens with zero attached hydrogens (tertiary/aromatic N) is 1. The lowest BCUT2D eigenvalue weighted by Gasteiger charge is -2.29. The molecule has 0 saturated carbocycles. The SMILES string of the molecule is Cc1cc(C(=O)O)c2c(c1)N(C)CCO2. The molecule has 15 heavy (non-hydrogen) atoms. The molecule has 1 aliphatic rings. The standard InChI is InChI=1S/C11H13NO3/c1-7-5-8(11(13)14)10-9(6-7)12(2)3-4-15-10/h5-6H,3-4H2,1-2H3,(H,13,14). The van der Waals surface area contributed by atoms with Crippen molar-refractivity contribution in [2.75, 3.05) is 25.1 Å². The van der Waals surface area contributed by atoms with Crippen LogP contribution in [0.3, 0.4) is 0 Å². The molecule has 0 saturated heterocycles. The molecule has 1 N–H and O–H groups in total. The Morgan fingerprint density at radius 1 is 1.53 bits per heavy atom. The van der Waals surface area contributed by atoms with Gasteiger partial charge in [0.15, 0.2) is 5.75 Å². The van der Waals surface area contributed by atoms with Gasteiger partial charge in [-0.05, 0) is 24.6 Å². The van der Waals surface area contributed by atoms with Crippen LogP contribution in [0.2, 0.25) is 0 Å². The van der Waals surface area contributed by atoms with Gasteiger partial charge in [0.05, 0.1) is 12.2 Å². The zero-order valence-corrected chi connectivity index (χ0v) is 8.78. The summed E-state index contributed by atoms with van der Waals surface area (Å²) in [6.07, 6.45) is 0. The third-order valence-corrected chi connectivity index (χ3v) is 2.53. The van der Waals surface area contributed by atoms with Gasteiger partial charge in [-0.2, -0.15) is 0 Å². The highest BCUT2D eigenvalue weighted by Crippen LogP contribution is 2.35. The van der Waals surface area contributed by atoms with Crippen LogP contribution in [0.4, 0.5) is 5.69 Å². The van der Waals surface area contributed by atoms with Crippen molar-refractivity contribution in [1.82, 2.24) is 0 Å². The Bertz CT molecular complexity index is 415. The number of likely N-dealkylation sites (N-methyl/N-ethyl adjacent to an activating group) is 1. The Balaban J connectivity index is 2.62. The topological polar surface area (TPSA) is 49.8 Å². The summed E-state index contributed by atoms with van der Waals surface area (Å²) in [4.78, 5) is 13.0. The van der Waals surface area contributed by atoms with Crippen LogP contribution in [0.25, 0.3) is 0 Å². The number of rotatable bonds is 1. The maximum Gasteiger partial charge on any atom is 0.339 e. The molecule has 0 spiro atoms. The number of anilines is 1. The fourth-order valence-corrected chi connectivity index (χ4v) is 1.75. The zero-order valence-electron chi connectivity index (χ0n) is 8.78. The molecule has 1 aromatic rings. The van der Waals surface area contributed by atoms with Gasteiger partial charge >= 0.3 is 5.97 Å². The van der Waals surface area contributed by atoms with Crippen molar-refractivity contribution in [3.8, 4) is 5.75 Å². The van der Waals surface area contributed by atoms with E-state index < -0.39 is 5.97 Å². The second-order valence-electron chi connectivity index (χ2n) is 3.74. The second-order valence-corrected chi connectivity index (χ2v) is 3.74. The fourth-order valence-electron chi connectivity index (χ4n) is 1.75. The highest BCUT2D eigenvalue weighted by molar-refractivity contribution is 5.94. The van der Waals surface area contributed by atoms with Crippen molar-refractivity contribution in [3.05, 3.63) is 23.3 Å². The number of aromatic carboxylic acids is 1. The minimum atomic E-state index is -0.940. The average molecular weight is 207 g/mol. The summed E-state index contributed by atoms with van der Waals surface area (Å²) in [5.74, 6) is -0.452. The molecule has 0 bridgehead atoms. The molecule has 0 atom stereocenters. The summed E-state index contributed by atoms with van der Waals surface area (Å²) in [7, 11) is 1.94. The molecular formula is C11H13NO3. The quantitative estimate of drug-likeness (QED) is 0.758. The van der Waals surface area contributed by atoms with Gasteiger partial charge in [0, 0.05) is 7.05 Å². The van der Waals surface area contributed by atoms with E-state index in [0.717, 1.165) is 17.8 Å². The summed E-state index contributed by atoms with van der Waals surface area (Å²) in [5.41, 5.74) is 2.04. The third kappa shape index (κ3) is 1.63. The minimum absolute atomic E-state index is 0.247. The number of benzene rings is 1. The lowest BCUT2D eigenvalue weighted by Crippen LogP contribution is -2.29. The van der Waals surface area contributed by atoms with E-state index in [1.807, 2.05) is 24.9 Å². The monoisotopic (exact) mass is 207 g/mol. The predicted octanol–water partition coefficient (Wildman–Crippen LogP) is 1.52. The minimum Gasteiger partial charge on any atom is -0.489 e. The van der Waals surface area contributed by atoms with Crippen LogP contribution in [0, 0.1) is 6.92 Å². The van der Waals surface area contributed by atoms with Crippen LogP contribution in [0.1, 0.15) is 15.9 Å². The first-order valence-corrected chi connectivity index (χ1v) is 4.81. The predicted molar refractivity (Wildman–Crippen MR) is 56.9 cm³/mol. The first-order valence-electron chi connectivity index (χ1n) is 4.81. The van der Waals surface area contributed by atoms with Crippen molar-refractivity contribution in [2.24, 2.45) is 0 Å². The number of hydrogen-bond donors (Lipinski definition) is 1. The van der Waals surface area contributed by atoms with Gasteiger partial charge in [-0.1, -0.05) is 0 Å². The number of aryl methyl sites for hydroxylation is 1. The second kappa shape index (κ2) is 3.46. The van der Waals surface area contributed by atoms with Gasteiger partial charge in [0.1, 0.15) is 12.2 Å². The first kappa shape index (κ1) is 9.83. The zero-order chi connectivity index (χ0) is 11.0. The number of ether oxygens (including phenoxy) is 1. The van der Waals surface area contributed by atoms with Crippen LogP contribution in [-0.4, -0.2) is 31.3 Å². The van der Waals surface area contributed by atoms with Gasteiger partial charge < -0.3 is 14.7 Å². The van der Waals surface area contributed by atoms with Gasteiger partial charge in [-0.3, -0.25) is 0 Å². The summed E-state index contributed by atoms with van der Waals surface area (Å²) < 4.78 is 5.42. The van der Waals surface area contributed by atoms with Crippen LogP contribution >= 0.6 is 0 Å². The van der Waals surface area contributed by atoms with Crippen molar-refractivity contribution < 1.29 is 14.6 Å². The highest BCUT2D eigenvalue weighted by Gasteiger charge is 2.22. The maximum atomic E-state index is 11.0. The van der Waals surface area contributed by atoms with E-state index in [9.17, 15) is 4.79 Å². The van der Waals surface area contributed by atoms with E-state index in [4.69, 9.17) is 9.84 Å². The van der Waals surface area contributed by atoms with E-state index in [2.05, 4.69) is 0 Å². The summed E-state index contributed by atoms with van der Waals surface area (Å²) >= 11 is 0. The maximum absolute atomic E-state index is 11.0. The summed E-state index contributed by atoms with van der Waals surface area (Å²) in [6, 6.07) is 3.58. The molecule has 0 aliphatic carbocycles. The molecule has 2 rings (SSSR count). The van der Waals surface area contributed by atoms with E-state index in [1.165, 1.54) is 0 Å². The molecule has 4 heteroatoms. The number of carboxylic acid groups (broad SMARTS) is 1. The number of carboxylic acids is 1. The Hall–Kier alpha value is -1.71. The molecule has 0 amide bonds. The smallest absolute Gasteiger partial charge is 0.339 e. The van der Waals surface area contributed by atoms with Crippen LogP contribution in [0.5, 0.6) is 5.75 Å². The van der Waals surface area contributed by atoms with Crippen LogP contribution in [-0.2, 0) is 0 Å². The molecule has 1 heterocycles.